The smallest absolute Gasteiger partial charge is 0.251 e. The summed E-state index contributed by atoms with van der Waals surface area (Å²) in [6.45, 7) is 6.37. The third-order valence-electron chi connectivity index (χ3n) is 3.51. The highest BCUT2D eigenvalue weighted by Gasteiger charge is 2.10. The quantitative estimate of drug-likeness (QED) is 0.659. The lowest BCUT2D eigenvalue weighted by Crippen LogP contribution is -2.22. The van der Waals surface area contributed by atoms with Crippen molar-refractivity contribution in [3.63, 3.8) is 0 Å². The number of carbonyl (C=O) groups excluding carboxylic acids is 1. The largest absolute Gasteiger partial charge is 0.489 e. The van der Waals surface area contributed by atoms with Gasteiger partial charge in [0, 0.05) is 17.8 Å². The van der Waals surface area contributed by atoms with Gasteiger partial charge in [0.1, 0.15) is 18.1 Å². The number of rotatable bonds is 7. The van der Waals surface area contributed by atoms with Crippen LogP contribution in [-0.4, -0.2) is 22.7 Å². The molecule has 0 atom stereocenters. The van der Waals surface area contributed by atoms with Gasteiger partial charge in [-0.3, -0.25) is 9.78 Å². The Morgan fingerprint density at radius 3 is 2.69 bits per heavy atom. The van der Waals surface area contributed by atoms with E-state index in [1.807, 2.05) is 25.1 Å². The number of hydrogen-bond acceptors (Lipinski definition) is 5. The van der Waals surface area contributed by atoms with Crippen LogP contribution in [0.15, 0.2) is 71.4 Å². The standard InChI is InChI=1S/C20H19N3O3/c1-14(2)13-25-16-8-6-15(7-9-16)20(24)22-12-17-11-19(23-26-17)18-5-3-4-10-21-18/h3-11H,1,12-13H2,2H3,(H,22,24). The SMILES string of the molecule is C=C(C)COc1ccc(C(=O)NCc2cc(-c3ccccn3)no2)cc1. The Morgan fingerprint density at radius 1 is 1.19 bits per heavy atom. The predicted molar refractivity (Wildman–Crippen MR) is 97.7 cm³/mol. The second-order valence-electron chi connectivity index (χ2n) is 5.85. The molecule has 6 nitrogen and oxygen atoms in total. The predicted octanol–water partition coefficient (Wildman–Crippen LogP) is 3.62. The first-order valence-electron chi connectivity index (χ1n) is 8.14. The number of pyridine rings is 1. The molecule has 3 aromatic rings. The second-order valence-corrected chi connectivity index (χ2v) is 5.85. The summed E-state index contributed by atoms with van der Waals surface area (Å²) in [6.07, 6.45) is 1.69. The van der Waals surface area contributed by atoms with Gasteiger partial charge in [-0.05, 0) is 48.9 Å². The maximum absolute atomic E-state index is 12.2. The minimum atomic E-state index is -0.202. The minimum Gasteiger partial charge on any atom is -0.489 e. The van der Waals surface area contributed by atoms with Crippen LogP contribution in [0.3, 0.4) is 0 Å². The maximum Gasteiger partial charge on any atom is 0.251 e. The van der Waals surface area contributed by atoms with E-state index < -0.39 is 0 Å². The molecule has 0 saturated carbocycles. The van der Waals surface area contributed by atoms with E-state index in [1.54, 1.807) is 36.5 Å². The van der Waals surface area contributed by atoms with Crippen LogP contribution < -0.4 is 10.1 Å². The summed E-state index contributed by atoms with van der Waals surface area (Å²) in [5.41, 5.74) is 2.83. The molecule has 6 heteroatoms. The van der Waals surface area contributed by atoms with Gasteiger partial charge in [0.05, 0.1) is 12.2 Å². The topological polar surface area (TPSA) is 77.2 Å². The molecule has 2 aromatic heterocycles. The molecule has 1 aromatic carbocycles. The molecule has 0 aliphatic heterocycles. The molecule has 0 unspecified atom stereocenters. The molecule has 2 heterocycles. The molecule has 0 bridgehead atoms. The van der Waals surface area contributed by atoms with E-state index in [2.05, 4.69) is 22.0 Å². The summed E-state index contributed by atoms with van der Waals surface area (Å²) in [5, 5.41) is 6.77. The fourth-order valence-electron chi connectivity index (χ4n) is 2.21. The van der Waals surface area contributed by atoms with Crippen LogP contribution in [0.1, 0.15) is 23.0 Å². The van der Waals surface area contributed by atoms with Crippen molar-refractivity contribution in [2.24, 2.45) is 0 Å². The highest BCUT2D eigenvalue weighted by Crippen LogP contribution is 2.16. The van der Waals surface area contributed by atoms with E-state index in [0.29, 0.717) is 29.4 Å². The molecule has 0 spiro atoms. The molecule has 0 aliphatic rings. The number of nitrogens with zero attached hydrogens (tertiary/aromatic N) is 2. The van der Waals surface area contributed by atoms with Crippen LogP contribution in [0.2, 0.25) is 0 Å². The van der Waals surface area contributed by atoms with Crippen LogP contribution in [0.25, 0.3) is 11.4 Å². The summed E-state index contributed by atoms with van der Waals surface area (Å²) in [5.74, 6) is 1.05. The van der Waals surface area contributed by atoms with Crippen molar-refractivity contribution in [1.29, 1.82) is 0 Å². The van der Waals surface area contributed by atoms with E-state index in [9.17, 15) is 4.79 Å². The van der Waals surface area contributed by atoms with E-state index >= 15 is 0 Å². The lowest BCUT2D eigenvalue weighted by molar-refractivity contribution is 0.0947. The summed E-state index contributed by atoms with van der Waals surface area (Å²) in [6, 6.07) is 14.2. The van der Waals surface area contributed by atoms with Gasteiger partial charge in [0.2, 0.25) is 0 Å². The Balaban J connectivity index is 1.55. The normalized spacial score (nSPS) is 10.3. The van der Waals surface area contributed by atoms with Gasteiger partial charge in [0.25, 0.3) is 5.91 Å². The monoisotopic (exact) mass is 349 g/mol. The third-order valence-corrected chi connectivity index (χ3v) is 3.51. The molecule has 0 saturated heterocycles. The van der Waals surface area contributed by atoms with Gasteiger partial charge >= 0.3 is 0 Å². The molecule has 0 fully saturated rings. The van der Waals surface area contributed by atoms with E-state index in [-0.39, 0.29) is 12.5 Å². The van der Waals surface area contributed by atoms with E-state index in [4.69, 9.17) is 9.26 Å². The Hall–Kier alpha value is -3.41. The molecule has 26 heavy (non-hydrogen) atoms. The number of aromatic nitrogens is 2. The Morgan fingerprint density at radius 2 is 2.00 bits per heavy atom. The molecule has 3 rings (SSSR count). The molecule has 132 valence electrons. The number of hydrogen-bond donors (Lipinski definition) is 1. The van der Waals surface area contributed by atoms with Crippen LogP contribution in [0.5, 0.6) is 5.75 Å². The molecular weight excluding hydrogens is 330 g/mol. The molecule has 1 N–H and O–H groups in total. The molecular formula is C20H19N3O3. The van der Waals surface area contributed by atoms with Crippen molar-refractivity contribution in [3.05, 3.63) is 78.2 Å². The molecule has 0 radical (unpaired) electrons. The van der Waals surface area contributed by atoms with Crippen molar-refractivity contribution in [3.8, 4) is 17.1 Å². The Labute approximate surface area is 151 Å². The molecule has 1 amide bonds. The van der Waals surface area contributed by atoms with E-state index in [1.165, 1.54) is 0 Å². The highest BCUT2D eigenvalue weighted by molar-refractivity contribution is 5.94. The lowest BCUT2D eigenvalue weighted by atomic mass is 10.2. The first kappa shape index (κ1) is 17.4. The average Bonchev–Trinajstić information content (AvgIpc) is 3.14. The van der Waals surface area contributed by atoms with Crippen molar-refractivity contribution in [2.45, 2.75) is 13.5 Å². The van der Waals surface area contributed by atoms with Gasteiger partial charge in [0.15, 0.2) is 5.76 Å². The van der Waals surface area contributed by atoms with Gasteiger partial charge < -0.3 is 14.6 Å². The third kappa shape index (κ3) is 4.57. The minimum absolute atomic E-state index is 0.202. The summed E-state index contributed by atoms with van der Waals surface area (Å²) in [4.78, 5) is 16.4. The van der Waals surface area contributed by atoms with Crippen LogP contribution in [0.4, 0.5) is 0 Å². The highest BCUT2D eigenvalue weighted by atomic mass is 16.5. The second kappa shape index (κ2) is 8.11. The van der Waals surface area contributed by atoms with Crippen molar-refractivity contribution in [2.75, 3.05) is 6.61 Å². The lowest BCUT2D eigenvalue weighted by Gasteiger charge is -2.07. The van der Waals surface area contributed by atoms with Gasteiger partial charge in [-0.25, -0.2) is 0 Å². The Kier molecular flexibility index (Phi) is 5.43. The number of amides is 1. The van der Waals surface area contributed by atoms with Crippen molar-refractivity contribution in [1.82, 2.24) is 15.5 Å². The number of benzene rings is 1. The zero-order valence-electron chi connectivity index (χ0n) is 14.4. The zero-order valence-corrected chi connectivity index (χ0v) is 14.4. The average molecular weight is 349 g/mol. The number of carbonyl (C=O) groups is 1. The summed E-state index contributed by atoms with van der Waals surface area (Å²) < 4.78 is 10.8. The van der Waals surface area contributed by atoms with Gasteiger partial charge in [-0.15, -0.1) is 0 Å². The fraction of sp³-hybridized carbons (Fsp3) is 0.150. The van der Waals surface area contributed by atoms with E-state index in [0.717, 1.165) is 11.3 Å². The van der Waals surface area contributed by atoms with Crippen LogP contribution in [0, 0.1) is 0 Å². The summed E-state index contributed by atoms with van der Waals surface area (Å²) >= 11 is 0. The summed E-state index contributed by atoms with van der Waals surface area (Å²) in [7, 11) is 0. The van der Waals surface area contributed by atoms with Crippen molar-refractivity contribution < 1.29 is 14.1 Å². The van der Waals surface area contributed by atoms with Crippen LogP contribution >= 0.6 is 0 Å². The first-order chi connectivity index (χ1) is 12.6. The van der Waals surface area contributed by atoms with Gasteiger partial charge in [-0.2, -0.15) is 0 Å². The first-order valence-corrected chi connectivity index (χ1v) is 8.14. The van der Waals surface area contributed by atoms with Crippen LogP contribution in [-0.2, 0) is 6.54 Å². The zero-order chi connectivity index (χ0) is 18.4. The Bertz CT molecular complexity index is 886. The van der Waals surface area contributed by atoms with Crippen molar-refractivity contribution >= 4 is 5.91 Å². The maximum atomic E-state index is 12.2. The molecule has 0 aliphatic carbocycles. The fourth-order valence-corrected chi connectivity index (χ4v) is 2.21. The van der Waals surface area contributed by atoms with Gasteiger partial charge in [-0.1, -0.05) is 17.8 Å². The number of nitrogens with one attached hydrogen (secondary N) is 1. The number of ether oxygens (including phenoxy) is 1.